The van der Waals surface area contributed by atoms with E-state index in [4.69, 9.17) is 9.52 Å². The Kier molecular flexibility index (Phi) is 4.68. The zero-order chi connectivity index (χ0) is 22.1. The minimum atomic E-state index is -3.64. The Balaban J connectivity index is 1.40. The average Bonchev–Trinajstić information content (AvgIpc) is 3.32. The highest BCUT2D eigenvalue weighted by atomic mass is 79.9. The van der Waals surface area contributed by atoms with Gasteiger partial charge in [-0.2, -0.15) is 5.10 Å². The van der Waals surface area contributed by atoms with E-state index in [0.717, 1.165) is 34.1 Å². The first-order valence-corrected chi connectivity index (χ1v) is 12.9. The molecule has 1 unspecified atom stereocenters. The number of carbonyl (C=O) groups is 1. The standard InChI is InChI=1S/C21H26BrN5O3S/c1-11(12-4-5-12)15-8-16(22)13-6-7-14(13)18(15)25-20(28)26-31(23,29)17-9-24-27-10-21(2,3)30-19(17)27/h8-9,11-12H,4-7,10H2,1-3H3,(H3,23,25,26,28,29)/t11-,31?/m1/s1. The van der Waals surface area contributed by atoms with Gasteiger partial charge in [-0.15, -0.1) is 0 Å². The maximum Gasteiger partial charge on any atom is 0.331 e. The molecule has 1 aromatic heterocycles. The highest BCUT2D eigenvalue weighted by Gasteiger charge is 2.37. The molecular formula is C21H26BrN5O3S. The highest BCUT2D eigenvalue weighted by Crippen LogP contribution is 2.48. The monoisotopic (exact) mass is 507 g/mol. The van der Waals surface area contributed by atoms with Gasteiger partial charge in [-0.05, 0) is 74.1 Å². The third-order valence-corrected chi connectivity index (χ3v) is 8.50. The number of carbonyl (C=O) groups excluding carboxylic acids is 1. The van der Waals surface area contributed by atoms with Gasteiger partial charge in [0.25, 0.3) is 0 Å². The van der Waals surface area contributed by atoms with E-state index in [2.05, 4.69) is 44.1 Å². The third-order valence-electron chi connectivity index (χ3n) is 6.42. The Hall–Kier alpha value is -2.07. The Bertz CT molecular complexity index is 1200. The van der Waals surface area contributed by atoms with E-state index in [1.165, 1.54) is 24.6 Å². The number of amides is 2. The fraction of sp³-hybridized carbons (Fsp3) is 0.524. The topological polar surface area (TPSA) is 109 Å². The number of halogens is 1. The van der Waals surface area contributed by atoms with Gasteiger partial charge in [-0.25, -0.2) is 23.2 Å². The molecule has 2 amide bonds. The summed E-state index contributed by atoms with van der Waals surface area (Å²) in [5.74, 6) is 1.23. The van der Waals surface area contributed by atoms with Crippen LogP contribution in [0.15, 0.2) is 21.6 Å². The van der Waals surface area contributed by atoms with Crippen molar-refractivity contribution in [3.8, 4) is 5.88 Å². The SMILES string of the molecule is C[C@@H](c1cc(Br)c2c(c1NC(=O)NS(=N)(=O)c1cnn3c1OC(C)(C)C3)CC2)C1CC1. The molecule has 0 bridgehead atoms. The van der Waals surface area contributed by atoms with E-state index in [0.29, 0.717) is 18.4 Å². The van der Waals surface area contributed by atoms with Crippen LogP contribution in [0.3, 0.4) is 0 Å². The van der Waals surface area contributed by atoms with Crippen LogP contribution in [-0.2, 0) is 29.3 Å². The summed E-state index contributed by atoms with van der Waals surface area (Å²) in [5.41, 5.74) is 3.73. The summed E-state index contributed by atoms with van der Waals surface area (Å²) in [6, 6.07) is 1.45. The Labute approximate surface area is 190 Å². The summed E-state index contributed by atoms with van der Waals surface area (Å²) in [6.45, 7) is 6.48. The molecule has 3 N–H and O–H groups in total. The van der Waals surface area contributed by atoms with Crippen LogP contribution in [0.4, 0.5) is 10.5 Å². The second-order valence-corrected chi connectivity index (χ2v) is 12.0. The molecule has 166 valence electrons. The summed E-state index contributed by atoms with van der Waals surface area (Å²) in [7, 11) is -3.64. The molecule has 1 fully saturated rings. The minimum Gasteiger partial charge on any atom is -0.469 e. The number of aromatic nitrogens is 2. The van der Waals surface area contributed by atoms with Crippen LogP contribution >= 0.6 is 15.9 Å². The van der Waals surface area contributed by atoms with Crippen LogP contribution in [0.5, 0.6) is 5.88 Å². The van der Waals surface area contributed by atoms with Crippen molar-refractivity contribution in [2.45, 2.75) is 69.4 Å². The highest BCUT2D eigenvalue weighted by molar-refractivity contribution is 9.10. The van der Waals surface area contributed by atoms with Crippen molar-refractivity contribution < 1.29 is 13.7 Å². The van der Waals surface area contributed by atoms with Gasteiger partial charge < -0.3 is 10.1 Å². The summed E-state index contributed by atoms with van der Waals surface area (Å²) in [5, 5.41) is 7.10. The van der Waals surface area contributed by atoms with Crippen molar-refractivity contribution in [2.75, 3.05) is 5.32 Å². The van der Waals surface area contributed by atoms with Gasteiger partial charge in [-0.1, -0.05) is 22.9 Å². The molecule has 1 aromatic carbocycles. The van der Waals surface area contributed by atoms with E-state index in [1.807, 2.05) is 13.8 Å². The molecule has 3 aliphatic rings. The minimum absolute atomic E-state index is 0.0867. The first kappa shape index (κ1) is 20.8. The van der Waals surface area contributed by atoms with Gasteiger partial charge >= 0.3 is 6.03 Å². The van der Waals surface area contributed by atoms with Crippen LogP contribution in [0.1, 0.15) is 56.2 Å². The largest absolute Gasteiger partial charge is 0.469 e. The van der Waals surface area contributed by atoms with E-state index in [-0.39, 0.29) is 10.8 Å². The Morgan fingerprint density at radius 3 is 2.74 bits per heavy atom. The van der Waals surface area contributed by atoms with Gasteiger partial charge in [0, 0.05) is 10.2 Å². The fourth-order valence-corrected chi connectivity index (χ4v) is 6.19. The average molecular weight is 508 g/mol. The number of rotatable bonds is 5. The number of hydrogen-bond donors (Lipinski definition) is 3. The van der Waals surface area contributed by atoms with Crippen molar-refractivity contribution in [2.24, 2.45) is 5.92 Å². The molecule has 2 atom stereocenters. The summed E-state index contributed by atoms with van der Waals surface area (Å²) < 4.78 is 32.3. The molecule has 0 radical (unpaired) electrons. The van der Waals surface area contributed by atoms with Gasteiger partial charge in [0.1, 0.15) is 10.5 Å². The second-order valence-electron chi connectivity index (χ2n) is 9.35. The lowest BCUT2D eigenvalue weighted by Crippen LogP contribution is -2.35. The molecule has 8 nitrogen and oxygen atoms in total. The number of hydrogen-bond acceptors (Lipinski definition) is 5. The van der Waals surface area contributed by atoms with Crippen molar-refractivity contribution in [1.29, 1.82) is 4.78 Å². The van der Waals surface area contributed by atoms with Gasteiger partial charge in [-0.3, -0.25) is 0 Å². The molecule has 10 heteroatoms. The maximum atomic E-state index is 13.1. The van der Waals surface area contributed by atoms with Crippen LogP contribution < -0.4 is 14.8 Å². The predicted molar refractivity (Wildman–Crippen MR) is 121 cm³/mol. The lowest BCUT2D eigenvalue weighted by molar-refractivity contribution is 0.132. The number of anilines is 1. The fourth-order valence-electron chi connectivity index (χ4n) is 4.49. The van der Waals surface area contributed by atoms with Crippen LogP contribution in [0, 0.1) is 10.7 Å². The molecule has 2 aliphatic carbocycles. The van der Waals surface area contributed by atoms with E-state index >= 15 is 0 Å². The first-order chi connectivity index (χ1) is 14.6. The van der Waals surface area contributed by atoms with E-state index in [9.17, 15) is 9.00 Å². The molecule has 0 saturated heterocycles. The van der Waals surface area contributed by atoms with E-state index in [1.54, 1.807) is 4.68 Å². The quantitative estimate of drug-likeness (QED) is 0.550. The number of ether oxygens (including phenoxy) is 1. The number of fused-ring (bicyclic) bond motifs is 2. The first-order valence-electron chi connectivity index (χ1n) is 10.5. The molecule has 1 saturated carbocycles. The number of urea groups is 1. The molecule has 1 aliphatic heterocycles. The van der Waals surface area contributed by atoms with Crippen LogP contribution in [0.25, 0.3) is 0 Å². The normalized spacial score (nSPS) is 21.2. The van der Waals surface area contributed by atoms with E-state index < -0.39 is 21.5 Å². The third kappa shape index (κ3) is 3.63. The molecule has 2 heterocycles. The molecule has 0 spiro atoms. The zero-order valence-corrected chi connectivity index (χ0v) is 20.2. The summed E-state index contributed by atoms with van der Waals surface area (Å²) in [6.07, 6.45) is 5.60. The summed E-state index contributed by atoms with van der Waals surface area (Å²) in [4.78, 5) is 13.0. The van der Waals surface area contributed by atoms with Crippen LogP contribution in [-0.4, -0.2) is 25.6 Å². The number of nitrogens with zero attached hydrogens (tertiary/aromatic N) is 2. The van der Waals surface area contributed by atoms with Gasteiger partial charge in [0.2, 0.25) is 5.88 Å². The number of nitrogens with one attached hydrogen (secondary N) is 3. The van der Waals surface area contributed by atoms with Crippen molar-refractivity contribution in [3.63, 3.8) is 0 Å². The number of benzene rings is 1. The Morgan fingerprint density at radius 2 is 2.10 bits per heavy atom. The molecule has 31 heavy (non-hydrogen) atoms. The van der Waals surface area contributed by atoms with Gasteiger partial charge in [0.15, 0.2) is 9.92 Å². The predicted octanol–water partition coefficient (Wildman–Crippen LogP) is 4.57. The maximum absolute atomic E-state index is 13.1. The lowest BCUT2D eigenvalue weighted by Gasteiger charge is -2.29. The molecule has 2 aromatic rings. The Morgan fingerprint density at radius 1 is 1.39 bits per heavy atom. The van der Waals surface area contributed by atoms with Crippen LogP contribution in [0.2, 0.25) is 0 Å². The lowest BCUT2D eigenvalue weighted by atomic mass is 9.82. The van der Waals surface area contributed by atoms with Crippen molar-refractivity contribution in [3.05, 3.63) is 33.4 Å². The summed E-state index contributed by atoms with van der Waals surface area (Å²) >= 11 is 3.67. The van der Waals surface area contributed by atoms with Crippen molar-refractivity contribution in [1.82, 2.24) is 14.5 Å². The molecule has 5 rings (SSSR count). The second kappa shape index (κ2) is 6.96. The molecular weight excluding hydrogens is 482 g/mol. The van der Waals surface area contributed by atoms with Crippen molar-refractivity contribution >= 4 is 37.6 Å². The smallest absolute Gasteiger partial charge is 0.331 e. The van der Waals surface area contributed by atoms with Gasteiger partial charge in [0.05, 0.1) is 12.7 Å². The zero-order valence-electron chi connectivity index (χ0n) is 17.8.